The summed E-state index contributed by atoms with van der Waals surface area (Å²) in [6.07, 6.45) is 8.50. The molecule has 4 heterocycles. The number of furan rings is 3. The third-order valence-electron chi connectivity index (χ3n) is 8.64. The molecule has 8 aromatic rings. The normalized spacial score (nSPS) is 18.0. The third-order valence-corrected chi connectivity index (χ3v) is 8.64. The smallest absolute Gasteiger partial charge is 0.178 e. The Balaban J connectivity index is 1.14. The van der Waals surface area contributed by atoms with Crippen LogP contribution in [0.3, 0.4) is 0 Å². The van der Waals surface area contributed by atoms with Crippen molar-refractivity contribution >= 4 is 65.8 Å². The molecule has 0 fully saturated rings. The van der Waals surface area contributed by atoms with Crippen molar-refractivity contribution in [2.45, 2.75) is 12.0 Å². The predicted octanol–water partition coefficient (Wildman–Crippen LogP) is 10.0. The molecule has 0 radical (unpaired) electrons. The lowest BCUT2D eigenvalue weighted by Crippen LogP contribution is -2.15. The first-order chi connectivity index (χ1) is 19.8. The third kappa shape index (κ3) is 2.60. The second-order valence-corrected chi connectivity index (χ2v) is 10.8. The van der Waals surface area contributed by atoms with Gasteiger partial charge in [0.2, 0.25) is 0 Å². The van der Waals surface area contributed by atoms with Crippen molar-refractivity contribution in [1.82, 2.24) is 0 Å². The zero-order valence-corrected chi connectivity index (χ0v) is 21.2. The van der Waals surface area contributed by atoms with E-state index in [1.807, 2.05) is 18.2 Å². The molecule has 0 N–H and O–H groups in total. The topological polar surface area (TPSA) is 48.7 Å². The van der Waals surface area contributed by atoms with Gasteiger partial charge in [-0.05, 0) is 65.7 Å². The molecule has 2 atom stereocenters. The van der Waals surface area contributed by atoms with Crippen molar-refractivity contribution in [1.29, 1.82) is 0 Å². The Morgan fingerprint density at radius 2 is 1.07 bits per heavy atom. The summed E-state index contributed by atoms with van der Waals surface area (Å²) in [5, 5.41) is 6.45. The van der Waals surface area contributed by atoms with E-state index in [0.29, 0.717) is 0 Å². The largest absolute Gasteiger partial charge is 0.481 e. The number of benzene rings is 5. The van der Waals surface area contributed by atoms with Crippen LogP contribution in [0.25, 0.3) is 76.9 Å². The fourth-order valence-electron chi connectivity index (χ4n) is 6.71. The van der Waals surface area contributed by atoms with Crippen LogP contribution in [0.5, 0.6) is 5.75 Å². The Morgan fingerprint density at radius 1 is 0.475 bits per heavy atom. The Labute approximate surface area is 227 Å². The molecule has 4 heteroatoms. The Hall–Kier alpha value is -5.22. The molecule has 5 aromatic carbocycles. The van der Waals surface area contributed by atoms with Gasteiger partial charge in [0.1, 0.15) is 22.9 Å². The van der Waals surface area contributed by atoms with Crippen molar-refractivity contribution in [3.8, 4) is 16.9 Å². The summed E-state index contributed by atoms with van der Waals surface area (Å²) >= 11 is 0. The summed E-state index contributed by atoms with van der Waals surface area (Å²) < 4.78 is 25.3. The van der Waals surface area contributed by atoms with Gasteiger partial charge in [0.05, 0.1) is 0 Å². The van der Waals surface area contributed by atoms with Crippen LogP contribution >= 0.6 is 0 Å². The van der Waals surface area contributed by atoms with E-state index >= 15 is 0 Å². The van der Waals surface area contributed by atoms with E-state index in [2.05, 4.69) is 91.0 Å². The van der Waals surface area contributed by atoms with Crippen LogP contribution in [0.1, 0.15) is 11.5 Å². The van der Waals surface area contributed by atoms with Crippen molar-refractivity contribution in [3.63, 3.8) is 0 Å². The fraction of sp³-hybridized carbons (Fsp3) is 0.0556. The quantitative estimate of drug-likeness (QED) is 0.218. The second kappa shape index (κ2) is 7.25. The Morgan fingerprint density at radius 3 is 1.85 bits per heavy atom. The van der Waals surface area contributed by atoms with Crippen LogP contribution < -0.4 is 4.74 Å². The van der Waals surface area contributed by atoms with Crippen LogP contribution in [0, 0.1) is 0 Å². The standard InChI is InChI=1S/C36H20O4/c1-3-7-29-21(5-1)23-11-13-25-27-17-19(9-15-31(27)39-35(25)33(23)37-29)20-10-16-32-28(18-20)26-14-12-24-22-6-2-4-8-30(22)38-34(24)36(26)40-32/h1-18,21,29H. The lowest BCUT2D eigenvalue weighted by Gasteiger charge is -2.13. The first kappa shape index (κ1) is 20.7. The van der Waals surface area contributed by atoms with E-state index in [0.717, 1.165) is 82.7 Å². The minimum Gasteiger partial charge on any atom is -0.481 e. The zero-order chi connectivity index (χ0) is 25.9. The number of para-hydroxylation sites is 1. The SMILES string of the molecule is C1=CC2Oc3c(ccc4c3oc3ccc(-c5ccc6oc7c(ccc8c9ccccc9oc87)c6c5)cc34)C2C=C1. The van der Waals surface area contributed by atoms with Crippen molar-refractivity contribution < 1.29 is 18.0 Å². The molecule has 188 valence electrons. The van der Waals surface area contributed by atoms with Gasteiger partial charge < -0.3 is 18.0 Å². The van der Waals surface area contributed by atoms with E-state index in [1.54, 1.807) is 0 Å². The highest BCUT2D eigenvalue weighted by atomic mass is 16.5. The molecular weight excluding hydrogens is 496 g/mol. The number of rotatable bonds is 1. The minimum absolute atomic E-state index is 0.0340. The van der Waals surface area contributed by atoms with Gasteiger partial charge in [0, 0.05) is 43.8 Å². The Kier molecular flexibility index (Phi) is 3.75. The van der Waals surface area contributed by atoms with E-state index < -0.39 is 0 Å². The number of ether oxygens (including phenoxy) is 1. The maximum absolute atomic E-state index is 6.37. The number of allylic oxidation sites excluding steroid dienone is 2. The van der Waals surface area contributed by atoms with Gasteiger partial charge in [0.25, 0.3) is 0 Å². The zero-order valence-electron chi connectivity index (χ0n) is 21.2. The monoisotopic (exact) mass is 516 g/mol. The minimum atomic E-state index is 0.0340. The van der Waals surface area contributed by atoms with Crippen LogP contribution in [-0.4, -0.2) is 6.10 Å². The average molecular weight is 517 g/mol. The van der Waals surface area contributed by atoms with Crippen molar-refractivity contribution in [3.05, 3.63) is 115 Å². The lowest BCUT2D eigenvalue weighted by molar-refractivity contribution is 0.269. The highest BCUT2D eigenvalue weighted by molar-refractivity contribution is 6.19. The van der Waals surface area contributed by atoms with E-state index in [1.165, 1.54) is 5.56 Å². The average Bonchev–Trinajstić information content (AvgIpc) is 3.75. The number of hydrogen-bond acceptors (Lipinski definition) is 4. The molecule has 4 nitrogen and oxygen atoms in total. The molecule has 3 aromatic heterocycles. The summed E-state index contributed by atoms with van der Waals surface area (Å²) in [4.78, 5) is 0. The second-order valence-electron chi connectivity index (χ2n) is 10.8. The molecule has 2 unspecified atom stereocenters. The molecule has 1 aliphatic carbocycles. The fourth-order valence-corrected chi connectivity index (χ4v) is 6.71. The molecule has 0 spiro atoms. The Bertz CT molecular complexity index is 2430. The summed E-state index contributed by atoms with van der Waals surface area (Å²) in [7, 11) is 0. The summed E-state index contributed by atoms with van der Waals surface area (Å²) in [5.74, 6) is 1.11. The molecular formula is C36H20O4. The van der Waals surface area contributed by atoms with E-state index in [-0.39, 0.29) is 12.0 Å². The molecule has 0 saturated heterocycles. The first-order valence-corrected chi connectivity index (χ1v) is 13.6. The van der Waals surface area contributed by atoms with E-state index in [9.17, 15) is 0 Å². The molecule has 2 aliphatic rings. The first-order valence-electron chi connectivity index (χ1n) is 13.6. The highest BCUT2D eigenvalue weighted by Gasteiger charge is 2.34. The van der Waals surface area contributed by atoms with Gasteiger partial charge >= 0.3 is 0 Å². The maximum atomic E-state index is 6.37. The molecule has 0 saturated carbocycles. The van der Waals surface area contributed by atoms with Gasteiger partial charge in [0.15, 0.2) is 22.5 Å². The number of fused-ring (bicyclic) bond motifs is 14. The number of hydrogen-bond donors (Lipinski definition) is 0. The summed E-state index contributed by atoms with van der Waals surface area (Å²) in [6, 6.07) is 29.6. The van der Waals surface area contributed by atoms with Gasteiger partial charge in [-0.25, -0.2) is 0 Å². The van der Waals surface area contributed by atoms with Gasteiger partial charge in [-0.2, -0.15) is 0 Å². The van der Waals surface area contributed by atoms with Gasteiger partial charge in [-0.15, -0.1) is 0 Å². The molecule has 0 bridgehead atoms. The van der Waals surface area contributed by atoms with E-state index in [4.69, 9.17) is 18.0 Å². The molecule has 10 rings (SSSR count). The summed E-state index contributed by atoms with van der Waals surface area (Å²) in [5.41, 5.74) is 8.42. The van der Waals surface area contributed by atoms with Crippen molar-refractivity contribution in [2.24, 2.45) is 0 Å². The van der Waals surface area contributed by atoms with Gasteiger partial charge in [-0.3, -0.25) is 0 Å². The van der Waals surface area contributed by atoms with Crippen LogP contribution in [-0.2, 0) is 0 Å². The molecule has 40 heavy (non-hydrogen) atoms. The maximum Gasteiger partial charge on any atom is 0.178 e. The lowest BCUT2D eigenvalue weighted by atomic mass is 9.91. The summed E-state index contributed by atoms with van der Waals surface area (Å²) in [6.45, 7) is 0. The molecule has 0 amide bonds. The van der Waals surface area contributed by atoms with Crippen LogP contribution in [0.15, 0.2) is 122 Å². The van der Waals surface area contributed by atoms with Crippen LogP contribution in [0.2, 0.25) is 0 Å². The molecule has 1 aliphatic heterocycles. The van der Waals surface area contributed by atoms with Gasteiger partial charge in [-0.1, -0.05) is 54.6 Å². The van der Waals surface area contributed by atoms with Crippen LogP contribution in [0.4, 0.5) is 0 Å². The highest BCUT2D eigenvalue weighted by Crippen LogP contribution is 2.48. The predicted molar refractivity (Wildman–Crippen MR) is 159 cm³/mol. The van der Waals surface area contributed by atoms with Crippen molar-refractivity contribution in [2.75, 3.05) is 0 Å².